The van der Waals surface area contributed by atoms with E-state index in [1.807, 2.05) is 4.90 Å². The highest BCUT2D eigenvalue weighted by Gasteiger charge is 2.51. The van der Waals surface area contributed by atoms with Gasteiger partial charge in [-0.15, -0.1) is 0 Å². The molecule has 1 aliphatic carbocycles. The molecule has 1 aliphatic heterocycles. The summed E-state index contributed by atoms with van der Waals surface area (Å²) >= 11 is 5.85. The van der Waals surface area contributed by atoms with Gasteiger partial charge in [-0.2, -0.15) is 0 Å². The van der Waals surface area contributed by atoms with Crippen molar-refractivity contribution in [1.29, 1.82) is 0 Å². The third-order valence-electron chi connectivity index (χ3n) is 6.33. The Balaban J connectivity index is 1.31. The normalized spacial score (nSPS) is 17.1. The Hall–Kier alpha value is -3.27. The molecule has 0 spiro atoms. The van der Waals surface area contributed by atoms with Gasteiger partial charge < -0.3 is 20.3 Å². The first-order chi connectivity index (χ1) is 16.3. The number of methoxy groups -OCH3 is 1. The van der Waals surface area contributed by atoms with E-state index < -0.39 is 17.3 Å². The number of halogens is 2. The van der Waals surface area contributed by atoms with Crippen LogP contribution < -0.4 is 15.5 Å². The summed E-state index contributed by atoms with van der Waals surface area (Å²) < 4.78 is 19.2. The molecule has 0 unspecified atom stereocenters. The molecule has 1 saturated heterocycles. The minimum absolute atomic E-state index is 0.136. The zero-order valence-corrected chi connectivity index (χ0v) is 19.4. The van der Waals surface area contributed by atoms with Crippen molar-refractivity contribution in [2.45, 2.75) is 31.2 Å². The van der Waals surface area contributed by atoms with Crippen LogP contribution in [0.25, 0.3) is 0 Å². The fraction of sp³-hybridized carbons (Fsp3) is 0.435. The van der Waals surface area contributed by atoms with Gasteiger partial charge in [0.05, 0.1) is 23.4 Å². The van der Waals surface area contributed by atoms with E-state index in [0.717, 1.165) is 12.8 Å². The van der Waals surface area contributed by atoms with Crippen LogP contribution in [0.3, 0.4) is 0 Å². The van der Waals surface area contributed by atoms with Gasteiger partial charge in [0.2, 0.25) is 5.91 Å². The molecule has 1 saturated carbocycles. The van der Waals surface area contributed by atoms with Crippen molar-refractivity contribution < 1.29 is 23.5 Å². The first-order valence-corrected chi connectivity index (χ1v) is 11.4. The topological polar surface area (TPSA) is 114 Å². The molecule has 11 heteroatoms. The van der Waals surface area contributed by atoms with Gasteiger partial charge >= 0.3 is 5.97 Å². The van der Waals surface area contributed by atoms with Crippen LogP contribution >= 0.6 is 11.6 Å². The second kappa shape index (κ2) is 9.92. The van der Waals surface area contributed by atoms with Gasteiger partial charge in [0, 0.05) is 32.0 Å². The van der Waals surface area contributed by atoms with Gasteiger partial charge in [-0.25, -0.2) is 19.2 Å². The van der Waals surface area contributed by atoms with Crippen molar-refractivity contribution in [3.05, 3.63) is 52.8 Å². The molecule has 180 valence electrons. The molecule has 2 fully saturated rings. The predicted molar refractivity (Wildman–Crippen MR) is 122 cm³/mol. The summed E-state index contributed by atoms with van der Waals surface area (Å²) in [6.07, 6.45) is 6.79. The lowest BCUT2D eigenvalue weighted by Gasteiger charge is -2.34. The fourth-order valence-electron chi connectivity index (χ4n) is 4.12. The highest BCUT2D eigenvalue weighted by molar-refractivity contribution is 6.31. The number of nitrogens with zero attached hydrogens (tertiary/aromatic N) is 3. The number of hydrogen-bond acceptors (Lipinski definition) is 7. The Morgan fingerprint density at radius 1 is 1.21 bits per heavy atom. The SMILES string of the molecule is COC(=O)c1c(N2CCC(CNC(=O)C3(NC(=O)c4cncnc4)CC3)CC2)ccc(Cl)c1F. The van der Waals surface area contributed by atoms with Crippen molar-refractivity contribution >= 4 is 35.1 Å². The third kappa shape index (κ3) is 4.96. The summed E-state index contributed by atoms with van der Waals surface area (Å²) in [5, 5.41) is 5.63. The molecule has 2 amide bonds. The molecule has 0 bridgehead atoms. The Kier molecular flexibility index (Phi) is 6.97. The minimum Gasteiger partial charge on any atom is -0.465 e. The molecule has 0 radical (unpaired) electrons. The Bertz CT molecular complexity index is 1090. The summed E-state index contributed by atoms with van der Waals surface area (Å²) in [6.45, 7) is 1.64. The van der Waals surface area contributed by atoms with E-state index in [2.05, 4.69) is 20.6 Å². The molecule has 1 aromatic heterocycles. The number of hydrogen-bond donors (Lipinski definition) is 2. The van der Waals surface area contributed by atoms with Crippen LogP contribution in [-0.4, -0.2) is 60.0 Å². The van der Waals surface area contributed by atoms with Crippen molar-refractivity contribution in [1.82, 2.24) is 20.6 Å². The number of aromatic nitrogens is 2. The van der Waals surface area contributed by atoms with E-state index >= 15 is 0 Å². The number of ether oxygens (including phenoxy) is 1. The lowest BCUT2D eigenvalue weighted by molar-refractivity contribution is -0.124. The molecule has 34 heavy (non-hydrogen) atoms. The number of carbonyl (C=O) groups excluding carboxylic acids is 3. The van der Waals surface area contributed by atoms with E-state index in [4.69, 9.17) is 16.3 Å². The average Bonchev–Trinajstić information content (AvgIpc) is 3.65. The number of rotatable bonds is 7. The molecule has 2 aliphatic rings. The van der Waals surface area contributed by atoms with Crippen LogP contribution in [0, 0.1) is 11.7 Å². The van der Waals surface area contributed by atoms with Crippen molar-refractivity contribution in [3.63, 3.8) is 0 Å². The van der Waals surface area contributed by atoms with Gasteiger partial charge in [0.25, 0.3) is 5.91 Å². The highest BCUT2D eigenvalue weighted by atomic mass is 35.5. The van der Waals surface area contributed by atoms with Crippen molar-refractivity contribution in [2.75, 3.05) is 31.6 Å². The molecule has 2 N–H and O–H groups in total. The summed E-state index contributed by atoms with van der Waals surface area (Å²) in [5.74, 6) is -1.93. The van der Waals surface area contributed by atoms with Gasteiger partial charge in [-0.05, 0) is 43.7 Å². The Morgan fingerprint density at radius 3 is 2.50 bits per heavy atom. The maximum absolute atomic E-state index is 14.5. The maximum atomic E-state index is 14.5. The number of piperidine rings is 1. The summed E-state index contributed by atoms with van der Waals surface area (Å²) in [6, 6.07) is 3.05. The van der Waals surface area contributed by atoms with Crippen LogP contribution in [-0.2, 0) is 9.53 Å². The van der Waals surface area contributed by atoms with E-state index in [-0.39, 0.29) is 28.3 Å². The average molecular weight is 490 g/mol. The van der Waals surface area contributed by atoms with Crippen molar-refractivity contribution in [3.8, 4) is 0 Å². The van der Waals surface area contributed by atoms with Gasteiger partial charge in [0.1, 0.15) is 17.4 Å². The van der Waals surface area contributed by atoms with E-state index in [1.165, 1.54) is 31.9 Å². The standard InChI is InChI=1S/C23H25ClFN5O4/c1-34-21(32)18-17(3-2-16(24)19(18)25)30-8-4-14(5-9-30)10-28-22(33)23(6-7-23)29-20(31)15-11-26-13-27-12-15/h2-3,11-14H,4-10H2,1H3,(H,28,33)(H,29,31). The minimum atomic E-state index is -0.885. The largest absolute Gasteiger partial charge is 0.465 e. The zero-order chi connectivity index (χ0) is 24.3. The number of amides is 2. The molecule has 2 heterocycles. The first kappa shape index (κ1) is 23.9. The van der Waals surface area contributed by atoms with Crippen LogP contribution in [0.5, 0.6) is 0 Å². The number of benzene rings is 1. The lowest BCUT2D eigenvalue weighted by Crippen LogP contribution is -2.50. The van der Waals surface area contributed by atoms with E-state index in [9.17, 15) is 18.8 Å². The van der Waals surface area contributed by atoms with Crippen LogP contribution in [0.1, 0.15) is 46.4 Å². The van der Waals surface area contributed by atoms with Crippen molar-refractivity contribution in [2.24, 2.45) is 5.92 Å². The lowest BCUT2D eigenvalue weighted by atomic mass is 9.95. The van der Waals surface area contributed by atoms with Crippen LogP contribution in [0.2, 0.25) is 5.02 Å². The molecule has 1 aromatic carbocycles. The monoisotopic (exact) mass is 489 g/mol. The first-order valence-electron chi connectivity index (χ1n) is 11.0. The summed E-state index contributed by atoms with van der Waals surface area (Å²) in [4.78, 5) is 46.9. The number of anilines is 1. The van der Waals surface area contributed by atoms with Gasteiger partial charge in [-0.3, -0.25) is 9.59 Å². The maximum Gasteiger partial charge on any atom is 0.343 e. The highest BCUT2D eigenvalue weighted by Crippen LogP contribution is 2.36. The quantitative estimate of drug-likeness (QED) is 0.574. The van der Waals surface area contributed by atoms with Gasteiger partial charge in [-0.1, -0.05) is 11.6 Å². The predicted octanol–water partition coefficient (Wildman–Crippen LogP) is 2.35. The Morgan fingerprint density at radius 2 is 1.88 bits per heavy atom. The third-order valence-corrected chi connectivity index (χ3v) is 6.62. The molecule has 2 aromatic rings. The second-order valence-electron chi connectivity index (χ2n) is 8.55. The molecule has 9 nitrogen and oxygen atoms in total. The number of carbonyl (C=O) groups is 3. The smallest absolute Gasteiger partial charge is 0.343 e. The molecule has 4 rings (SSSR count). The molecular formula is C23H25ClFN5O4. The Labute approximate surface area is 201 Å². The molecular weight excluding hydrogens is 465 g/mol. The fourth-order valence-corrected chi connectivity index (χ4v) is 4.28. The van der Waals surface area contributed by atoms with Gasteiger partial charge in [0.15, 0.2) is 5.82 Å². The number of nitrogens with one attached hydrogen (secondary N) is 2. The summed E-state index contributed by atoms with van der Waals surface area (Å²) in [5.41, 5.74) is -0.305. The van der Waals surface area contributed by atoms with Crippen LogP contribution in [0.15, 0.2) is 30.9 Å². The van der Waals surface area contributed by atoms with E-state index in [1.54, 1.807) is 6.07 Å². The summed E-state index contributed by atoms with van der Waals surface area (Å²) in [7, 11) is 1.20. The molecule has 0 atom stereocenters. The van der Waals surface area contributed by atoms with Crippen LogP contribution in [0.4, 0.5) is 10.1 Å². The number of esters is 1. The van der Waals surface area contributed by atoms with E-state index in [0.29, 0.717) is 43.7 Å². The zero-order valence-electron chi connectivity index (χ0n) is 18.6. The second-order valence-corrected chi connectivity index (χ2v) is 8.96.